The molecule has 21 heavy (non-hydrogen) atoms. The third-order valence-corrected chi connectivity index (χ3v) is 7.64. The maximum atomic E-state index is 13.5. The Bertz CT molecular complexity index is 544. The van der Waals surface area contributed by atoms with Crippen molar-refractivity contribution in [2.24, 2.45) is 40.4 Å². The first-order valence-electron chi connectivity index (χ1n) is 8.63. The van der Waals surface area contributed by atoms with Crippen LogP contribution in [0.2, 0.25) is 0 Å². The van der Waals surface area contributed by atoms with Gasteiger partial charge >= 0.3 is 0 Å². The molecule has 4 rings (SSSR count). The monoisotopic (exact) mass is 286 g/mol. The fourth-order valence-corrected chi connectivity index (χ4v) is 6.47. The number of carbonyl (C=O) groups is 2. The maximum absolute atomic E-state index is 13.5. The average Bonchev–Trinajstić information content (AvgIpc) is 2.83. The van der Waals surface area contributed by atoms with Gasteiger partial charge in [-0.25, -0.2) is 0 Å². The minimum atomic E-state index is -0.140. The van der Waals surface area contributed by atoms with Crippen molar-refractivity contribution in [2.75, 3.05) is 0 Å². The second-order valence-corrected chi connectivity index (χ2v) is 8.66. The van der Waals surface area contributed by atoms with E-state index < -0.39 is 0 Å². The van der Waals surface area contributed by atoms with Crippen LogP contribution in [0, 0.1) is 40.4 Å². The third kappa shape index (κ3) is 1.54. The smallest absolute Gasteiger partial charge is 0.145 e. The van der Waals surface area contributed by atoms with Gasteiger partial charge in [-0.15, -0.1) is 0 Å². The lowest BCUT2D eigenvalue weighted by Crippen LogP contribution is -2.42. The van der Waals surface area contributed by atoms with E-state index in [1.54, 1.807) is 0 Å². The van der Waals surface area contributed by atoms with Crippen LogP contribution >= 0.6 is 0 Å². The van der Waals surface area contributed by atoms with E-state index in [0.29, 0.717) is 41.3 Å². The fraction of sp³-hybridized carbons (Fsp3) is 0.789. The van der Waals surface area contributed by atoms with Gasteiger partial charge in [0.1, 0.15) is 12.1 Å². The molecule has 1 unspecified atom stereocenters. The van der Waals surface area contributed by atoms with Gasteiger partial charge in [0.15, 0.2) is 0 Å². The number of rotatable bonds is 1. The largest absolute Gasteiger partial charge is 0.299 e. The highest BCUT2D eigenvalue weighted by molar-refractivity contribution is 5.92. The summed E-state index contributed by atoms with van der Waals surface area (Å²) in [6.07, 6.45) is 8.42. The molecule has 3 saturated carbocycles. The van der Waals surface area contributed by atoms with Gasteiger partial charge in [0.05, 0.1) is 0 Å². The quantitative estimate of drug-likeness (QED) is 0.687. The van der Waals surface area contributed by atoms with Crippen LogP contribution in [0.3, 0.4) is 0 Å². The Morgan fingerprint density at radius 2 is 2.10 bits per heavy atom. The molecule has 2 heteroatoms. The van der Waals surface area contributed by atoms with Gasteiger partial charge in [-0.3, -0.25) is 9.59 Å². The van der Waals surface area contributed by atoms with Crippen LogP contribution in [-0.2, 0) is 9.59 Å². The number of carbonyl (C=O) groups excluding carboxylic acids is 2. The zero-order valence-electron chi connectivity index (χ0n) is 13.4. The fourth-order valence-electron chi connectivity index (χ4n) is 6.47. The number of allylic oxidation sites excluding steroid dienone is 2. The first-order chi connectivity index (χ1) is 9.92. The first kappa shape index (κ1) is 13.7. The van der Waals surface area contributed by atoms with E-state index in [1.165, 1.54) is 6.42 Å². The van der Waals surface area contributed by atoms with Gasteiger partial charge in [0.2, 0.25) is 0 Å². The molecule has 0 N–H and O–H groups in total. The van der Waals surface area contributed by atoms with Gasteiger partial charge in [-0.05, 0) is 60.3 Å². The van der Waals surface area contributed by atoms with Crippen LogP contribution in [0.25, 0.3) is 0 Å². The second-order valence-electron chi connectivity index (χ2n) is 8.66. The van der Waals surface area contributed by atoms with Crippen molar-refractivity contribution in [1.82, 2.24) is 0 Å². The molecule has 0 aliphatic heterocycles. The summed E-state index contributed by atoms with van der Waals surface area (Å²) in [6, 6.07) is 0. The summed E-state index contributed by atoms with van der Waals surface area (Å²) in [7, 11) is 0. The highest BCUT2D eigenvalue weighted by Crippen LogP contribution is 2.71. The number of aldehydes is 1. The zero-order valence-corrected chi connectivity index (χ0v) is 13.4. The van der Waals surface area contributed by atoms with E-state index in [2.05, 4.69) is 26.8 Å². The van der Waals surface area contributed by atoms with Crippen LogP contribution < -0.4 is 0 Å². The summed E-state index contributed by atoms with van der Waals surface area (Å²) in [5.74, 6) is 2.62. The molecule has 0 aromatic carbocycles. The number of hydrogen-bond donors (Lipinski definition) is 0. The standard InChI is InChI=1S/C19H26O2/c1-11-7-15-16(18(15,2)3)14-9-12(10-20)8-13-5-4-6-19(11,13)17(14)21/h8,10-11,13-16H,4-7,9H2,1-3H3/t11-,13?,14+,15-,16+,19-/m1/s1. The van der Waals surface area contributed by atoms with Crippen molar-refractivity contribution in [3.05, 3.63) is 11.6 Å². The normalized spacial score (nSPS) is 50.3. The summed E-state index contributed by atoms with van der Waals surface area (Å²) in [5.41, 5.74) is 1.05. The lowest BCUT2D eigenvalue weighted by molar-refractivity contribution is -0.137. The van der Waals surface area contributed by atoms with Gasteiger partial charge < -0.3 is 0 Å². The first-order valence-corrected chi connectivity index (χ1v) is 8.63. The summed E-state index contributed by atoms with van der Waals surface area (Å²) in [4.78, 5) is 25.0. The van der Waals surface area contributed by atoms with Gasteiger partial charge in [-0.2, -0.15) is 0 Å². The van der Waals surface area contributed by atoms with Crippen LogP contribution in [0.1, 0.15) is 52.9 Å². The van der Waals surface area contributed by atoms with Gasteiger partial charge in [-0.1, -0.05) is 33.3 Å². The van der Waals surface area contributed by atoms with Crippen LogP contribution in [0.5, 0.6) is 0 Å². The van der Waals surface area contributed by atoms with Crippen molar-refractivity contribution in [1.29, 1.82) is 0 Å². The minimum Gasteiger partial charge on any atom is -0.299 e. The number of hydrogen-bond acceptors (Lipinski definition) is 2. The Balaban J connectivity index is 1.86. The van der Waals surface area contributed by atoms with Gasteiger partial charge in [0, 0.05) is 11.3 Å². The molecule has 2 bridgehead atoms. The molecule has 4 aliphatic carbocycles. The Kier molecular flexibility index (Phi) is 2.67. The summed E-state index contributed by atoms with van der Waals surface area (Å²) >= 11 is 0. The number of ketones is 1. The third-order valence-electron chi connectivity index (χ3n) is 7.64. The zero-order chi connectivity index (χ0) is 15.0. The summed E-state index contributed by atoms with van der Waals surface area (Å²) < 4.78 is 0. The highest BCUT2D eigenvalue weighted by Gasteiger charge is 2.69. The Morgan fingerprint density at radius 1 is 1.33 bits per heavy atom. The lowest BCUT2D eigenvalue weighted by Gasteiger charge is -2.39. The van der Waals surface area contributed by atoms with E-state index in [0.717, 1.165) is 31.1 Å². The highest BCUT2D eigenvalue weighted by atomic mass is 16.1. The molecule has 3 fully saturated rings. The molecule has 0 aromatic heterocycles. The van der Waals surface area contributed by atoms with Crippen molar-refractivity contribution < 1.29 is 9.59 Å². The van der Waals surface area contributed by atoms with Crippen molar-refractivity contribution >= 4 is 12.1 Å². The van der Waals surface area contributed by atoms with Crippen LogP contribution in [0.4, 0.5) is 0 Å². The second kappa shape index (κ2) is 4.08. The summed E-state index contributed by atoms with van der Waals surface area (Å²) in [6.45, 7) is 6.95. The van der Waals surface area contributed by atoms with E-state index in [9.17, 15) is 9.59 Å². The Hall–Kier alpha value is -0.920. The lowest BCUT2D eigenvalue weighted by atomic mass is 9.63. The molecule has 114 valence electrons. The van der Waals surface area contributed by atoms with E-state index in [4.69, 9.17) is 0 Å². The van der Waals surface area contributed by atoms with E-state index >= 15 is 0 Å². The Labute approximate surface area is 127 Å². The van der Waals surface area contributed by atoms with E-state index in [1.807, 2.05) is 0 Å². The molecule has 0 radical (unpaired) electrons. The maximum Gasteiger partial charge on any atom is 0.145 e. The predicted molar refractivity (Wildman–Crippen MR) is 81.6 cm³/mol. The molecule has 0 heterocycles. The molecule has 2 nitrogen and oxygen atoms in total. The molecule has 0 saturated heterocycles. The Morgan fingerprint density at radius 3 is 2.81 bits per heavy atom. The number of Topliss-reactive ketones (excluding diaryl/α,β-unsaturated/α-hetero) is 1. The number of fused-ring (bicyclic) bond motifs is 3. The molecule has 0 amide bonds. The van der Waals surface area contributed by atoms with Crippen molar-refractivity contribution in [2.45, 2.75) is 52.9 Å². The van der Waals surface area contributed by atoms with E-state index in [-0.39, 0.29) is 11.3 Å². The average molecular weight is 286 g/mol. The van der Waals surface area contributed by atoms with Crippen molar-refractivity contribution in [3.8, 4) is 0 Å². The van der Waals surface area contributed by atoms with Gasteiger partial charge in [0.25, 0.3) is 0 Å². The molecular weight excluding hydrogens is 260 g/mol. The molecule has 6 atom stereocenters. The molecule has 4 aliphatic rings. The summed E-state index contributed by atoms with van der Waals surface area (Å²) in [5, 5.41) is 0. The molecular formula is C19H26O2. The topological polar surface area (TPSA) is 34.1 Å². The minimum absolute atomic E-state index is 0.106. The van der Waals surface area contributed by atoms with Crippen LogP contribution in [0.15, 0.2) is 11.6 Å². The predicted octanol–water partition coefficient (Wildman–Crippen LogP) is 3.80. The van der Waals surface area contributed by atoms with Crippen molar-refractivity contribution in [3.63, 3.8) is 0 Å². The van der Waals surface area contributed by atoms with Crippen LogP contribution in [-0.4, -0.2) is 12.1 Å². The molecule has 1 spiro atoms. The SMILES string of the molecule is C[C@@H]1C[C@@H]2[C@H]([C@@H]3CC(C=O)=CC4CCC[C@]41C3=O)C2(C)C. The molecule has 0 aromatic rings.